The van der Waals surface area contributed by atoms with E-state index in [1.807, 2.05) is 6.92 Å². The third-order valence-corrected chi connectivity index (χ3v) is 8.37. The number of carbonyl (C=O) groups is 1. The van der Waals surface area contributed by atoms with E-state index in [1.165, 1.54) is 5.56 Å². The highest BCUT2D eigenvalue weighted by Gasteiger charge is 2.26. The number of ether oxygens (including phenoxy) is 1. The molecule has 7 heteroatoms. The molecule has 0 radical (unpaired) electrons. The Balaban J connectivity index is 1.65. The summed E-state index contributed by atoms with van der Waals surface area (Å²) in [5, 5.41) is 3.05. The maximum Gasteiger partial charge on any atom is 0.243 e. The summed E-state index contributed by atoms with van der Waals surface area (Å²) < 4.78 is 33.1. The quantitative estimate of drug-likeness (QED) is 0.571. The van der Waals surface area contributed by atoms with Crippen molar-refractivity contribution in [3.63, 3.8) is 0 Å². The van der Waals surface area contributed by atoms with E-state index in [-0.39, 0.29) is 28.7 Å². The van der Waals surface area contributed by atoms with Crippen LogP contribution in [0.4, 0.5) is 0 Å². The van der Waals surface area contributed by atoms with Gasteiger partial charge in [-0.05, 0) is 66.5 Å². The minimum Gasteiger partial charge on any atom is -0.496 e. The molecule has 1 heterocycles. The summed E-state index contributed by atoms with van der Waals surface area (Å²) in [5.41, 5.74) is 3.10. The zero-order valence-corrected chi connectivity index (χ0v) is 21.9. The predicted molar refractivity (Wildman–Crippen MR) is 136 cm³/mol. The monoisotopic (exact) mass is 486 g/mol. The van der Waals surface area contributed by atoms with Gasteiger partial charge in [0.25, 0.3) is 0 Å². The average molecular weight is 487 g/mol. The van der Waals surface area contributed by atoms with Crippen LogP contribution >= 0.6 is 0 Å². The Hall–Kier alpha value is -2.38. The van der Waals surface area contributed by atoms with Crippen LogP contribution in [-0.2, 0) is 26.7 Å². The van der Waals surface area contributed by atoms with Gasteiger partial charge in [0, 0.05) is 19.5 Å². The van der Waals surface area contributed by atoms with Crippen molar-refractivity contribution < 1.29 is 17.9 Å². The second kappa shape index (κ2) is 10.9. The first-order valence-electron chi connectivity index (χ1n) is 12.1. The van der Waals surface area contributed by atoms with Crippen molar-refractivity contribution in [1.29, 1.82) is 0 Å². The molecule has 0 bridgehead atoms. The van der Waals surface area contributed by atoms with Gasteiger partial charge in [0.1, 0.15) is 5.75 Å². The molecule has 3 rings (SSSR count). The third-order valence-electron chi connectivity index (χ3n) is 6.48. The molecule has 1 fully saturated rings. The molecular formula is C27H38N2O4S. The minimum absolute atomic E-state index is 0.0834. The van der Waals surface area contributed by atoms with E-state index in [2.05, 4.69) is 50.4 Å². The number of amides is 1. The van der Waals surface area contributed by atoms with Crippen molar-refractivity contribution in [2.24, 2.45) is 0 Å². The molecule has 6 nitrogen and oxygen atoms in total. The maximum absolute atomic E-state index is 13.1. The van der Waals surface area contributed by atoms with Crippen molar-refractivity contribution >= 4 is 15.9 Å². The van der Waals surface area contributed by atoms with Gasteiger partial charge < -0.3 is 10.1 Å². The Morgan fingerprint density at radius 1 is 1.06 bits per heavy atom. The lowest BCUT2D eigenvalue weighted by atomic mass is 9.86. The van der Waals surface area contributed by atoms with Crippen LogP contribution in [0.3, 0.4) is 0 Å². The van der Waals surface area contributed by atoms with E-state index in [0.29, 0.717) is 25.3 Å². The molecule has 0 unspecified atom stereocenters. The Labute approximate surface area is 204 Å². The fourth-order valence-electron chi connectivity index (χ4n) is 4.28. The summed E-state index contributed by atoms with van der Waals surface area (Å²) in [6.45, 7) is 9.61. The molecule has 1 N–H and O–H groups in total. The Kier molecular flexibility index (Phi) is 8.42. The molecule has 1 aliphatic rings. The smallest absolute Gasteiger partial charge is 0.243 e. The van der Waals surface area contributed by atoms with Gasteiger partial charge in [0.2, 0.25) is 15.9 Å². The fraction of sp³-hybridized carbons (Fsp3) is 0.519. The normalized spacial score (nSPS) is 16.1. The lowest BCUT2D eigenvalue weighted by Crippen LogP contribution is -2.35. The molecule has 0 saturated carbocycles. The van der Waals surface area contributed by atoms with Crippen LogP contribution < -0.4 is 10.1 Å². The summed E-state index contributed by atoms with van der Waals surface area (Å²) in [4.78, 5) is 12.9. The molecule has 0 spiro atoms. The highest BCUT2D eigenvalue weighted by atomic mass is 32.2. The number of rotatable bonds is 8. The number of piperidine rings is 1. The van der Waals surface area contributed by atoms with Crippen molar-refractivity contribution in [1.82, 2.24) is 9.62 Å². The summed E-state index contributed by atoms with van der Waals surface area (Å²) in [6, 6.07) is 13.2. The van der Waals surface area contributed by atoms with Crippen molar-refractivity contribution in [3.8, 4) is 5.75 Å². The van der Waals surface area contributed by atoms with Crippen molar-refractivity contribution in [3.05, 3.63) is 59.2 Å². The van der Waals surface area contributed by atoms with Crippen molar-refractivity contribution in [2.45, 2.75) is 76.2 Å². The standard InChI is InChI=1S/C27H38N2O4S/c1-20(21-9-12-23(13-10-21)27(2,3)4)28-26(30)16-11-22-19-24(14-15-25(22)33-5)34(31,32)29-17-7-6-8-18-29/h9-10,12-15,19-20H,6-8,11,16-18H2,1-5H3,(H,28,30)/t20-/m1/s1. The third kappa shape index (κ3) is 6.39. The van der Waals surface area contributed by atoms with Crippen molar-refractivity contribution in [2.75, 3.05) is 20.2 Å². The van der Waals surface area contributed by atoms with Gasteiger partial charge >= 0.3 is 0 Å². The SMILES string of the molecule is COc1ccc(S(=O)(=O)N2CCCCC2)cc1CCC(=O)N[C@H](C)c1ccc(C(C)(C)C)cc1. The summed E-state index contributed by atoms with van der Waals surface area (Å²) in [5.74, 6) is 0.509. The van der Waals surface area contributed by atoms with Gasteiger partial charge in [0.05, 0.1) is 18.0 Å². The predicted octanol–water partition coefficient (Wildman–Crippen LogP) is 4.98. The molecule has 2 aromatic carbocycles. The number of carbonyl (C=O) groups excluding carboxylic acids is 1. The van der Waals surface area contributed by atoms with Crippen LogP contribution in [0.5, 0.6) is 5.75 Å². The number of nitrogens with zero attached hydrogens (tertiary/aromatic N) is 1. The highest BCUT2D eigenvalue weighted by molar-refractivity contribution is 7.89. The molecule has 1 atom stereocenters. The number of benzene rings is 2. The van der Waals surface area contributed by atoms with Gasteiger partial charge in [-0.25, -0.2) is 8.42 Å². The topological polar surface area (TPSA) is 75.7 Å². The molecule has 0 aromatic heterocycles. The number of nitrogens with one attached hydrogen (secondary N) is 1. The van der Waals surface area contributed by atoms with E-state index in [9.17, 15) is 13.2 Å². The summed E-state index contributed by atoms with van der Waals surface area (Å²) >= 11 is 0. The Morgan fingerprint density at radius 2 is 1.71 bits per heavy atom. The summed E-state index contributed by atoms with van der Waals surface area (Å²) in [7, 11) is -1.98. The van der Waals surface area contributed by atoms with Crippen LogP contribution in [0.2, 0.25) is 0 Å². The first-order valence-corrected chi connectivity index (χ1v) is 13.5. The van der Waals surface area contributed by atoms with Crippen LogP contribution in [0.1, 0.15) is 76.1 Å². The van der Waals surface area contributed by atoms with E-state index >= 15 is 0 Å². The first kappa shape index (κ1) is 26.2. The van der Waals surface area contributed by atoms with Gasteiger partial charge in [-0.1, -0.05) is 51.5 Å². The molecule has 0 aliphatic carbocycles. The summed E-state index contributed by atoms with van der Waals surface area (Å²) in [6.07, 6.45) is 3.48. The second-order valence-electron chi connectivity index (χ2n) is 10.1. The number of sulfonamides is 1. The maximum atomic E-state index is 13.1. The number of hydrogen-bond acceptors (Lipinski definition) is 4. The second-order valence-corrected chi connectivity index (χ2v) is 12.0. The molecule has 34 heavy (non-hydrogen) atoms. The zero-order valence-electron chi connectivity index (χ0n) is 21.1. The van der Waals surface area contributed by atoms with E-state index in [4.69, 9.17) is 4.74 Å². The Bertz CT molecular complexity index is 1080. The fourth-order valence-corrected chi connectivity index (χ4v) is 5.85. The lowest BCUT2D eigenvalue weighted by molar-refractivity contribution is -0.121. The average Bonchev–Trinajstić information content (AvgIpc) is 2.82. The van der Waals surface area contributed by atoms with E-state index in [0.717, 1.165) is 30.4 Å². The largest absolute Gasteiger partial charge is 0.496 e. The van der Waals surface area contributed by atoms with Gasteiger partial charge in [-0.15, -0.1) is 0 Å². The molecular weight excluding hydrogens is 448 g/mol. The lowest BCUT2D eigenvalue weighted by Gasteiger charge is -2.26. The minimum atomic E-state index is -3.54. The van der Waals surface area contributed by atoms with E-state index < -0.39 is 10.0 Å². The molecule has 1 saturated heterocycles. The molecule has 2 aromatic rings. The van der Waals surface area contributed by atoms with E-state index in [1.54, 1.807) is 29.6 Å². The van der Waals surface area contributed by atoms with Crippen LogP contribution in [0.25, 0.3) is 0 Å². The molecule has 1 aliphatic heterocycles. The van der Waals surface area contributed by atoms with Gasteiger partial charge in [-0.2, -0.15) is 4.31 Å². The number of methoxy groups -OCH3 is 1. The molecule has 1 amide bonds. The highest BCUT2D eigenvalue weighted by Crippen LogP contribution is 2.28. The molecule has 186 valence electrons. The number of hydrogen-bond donors (Lipinski definition) is 1. The zero-order chi connectivity index (χ0) is 24.9. The number of aryl methyl sites for hydroxylation is 1. The van der Waals surface area contributed by atoms with Crippen LogP contribution in [0, 0.1) is 0 Å². The Morgan fingerprint density at radius 3 is 2.29 bits per heavy atom. The first-order chi connectivity index (χ1) is 16.0. The van der Waals surface area contributed by atoms with Crippen LogP contribution in [0.15, 0.2) is 47.4 Å². The van der Waals surface area contributed by atoms with Crippen LogP contribution in [-0.4, -0.2) is 38.8 Å². The van der Waals surface area contributed by atoms with Gasteiger partial charge in [0.15, 0.2) is 0 Å². The van der Waals surface area contributed by atoms with Gasteiger partial charge in [-0.3, -0.25) is 4.79 Å².